The van der Waals surface area contributed by atoms with Gasteiger partial charge in [-0.2, -0.15) is 0 Å². The molecule has 1 aromatic carbocycles. The van der Waals surface area contributed by atoms with E-state index in [4.69, 9.17) is 5.73 Å². The zero-order chi connectivity index (χ0) is 12.0. The fourth-order valence-corrected chi connectivity index (χ4v) is 2.17. The molecular formula is C13H16N4. The van der Waals surface area contributed by atoms with Gasteiger partial charge in [0.1, 0.15) is 6.33 Å². The second kappa shape index (κ2) is 3.58. The van der Waals surface area contributed by atoms with Crippen molar-refractivity contribution in [3.8, 4) is 11.4 Å². The standard InChI is InChI=1S/C13H16N4/c1-8-5-10(14)6-12(9(8)2)13-16-15-7-17(13)11-3-4-11/h5-7,11H,3-4,14H2,1-2H3. The largest absolute Gasteiger partial charge is 0.399 e. The van der Waals surface area contributed by atoms with E-state index in [0.29, 0.717) is 6.04 Å². The van der Waals surface area contributed by atoms with Crippen molar-refractivity contribution in [2.24, 2.45) is 0 Å². The summed E-state index contributed by atoms with van der Waals surface area (Å²) in [4.78, 5) is 0. The fourth-order valence-electron chi connectivity index (χ4n) is 2.17. The first-order chi connectivity index (χ1) is 8.16. The van der Waals surface area contributed by atoms with Gasteiger partial charge in [-0.05, 0) is 49.9 Å². The first-order valence-corrected chi connectivity index (χ1v) is 5.93. The van der Waals surface area contributed by atoms with Gasteiger partial charge in [-0.1, -0.05) is 0 Å². The Morgan fingerprint density at radius 2 is 2.06 bits per heavy atom. The summed E-state index contributed by atoms with van der Waals surface area (Å²) >= 11 is 0. The maximum atomic E-state index is 5.92. The summed E-state index contributed by atoms with van der Waals surface area (Å²) in [5.41, 5.74) is 10.2. The van der Waals surface area contributed by atoms with Crippen molar-refractivity contribution in [3.63, 3.8) is 0 Å². The number of aromatic nitrogens is 3. The Bertz CT molecular complexity index is 567. The van der Waals surface area contributed by atoms with Gasteiger partial charge < -0.3 is 10.3 Å². The normalized spacial score (nSPS) is 15.2. The molecule has 17 heavy (non-hydrogen) atoms. The van der Waals surface area contributed by atoms with Crippen molar-refractivity contribution in [1.29, 1.82) is 0 Å². The van der Waals surface area contributed by atoms with Crippen molar-refractivity contribution in [3.05, 3.63) is 29.6 Å². The zero-order valence-corrected chi connectivity index (χ0v) is 10.1. The van der Waals surface area contributed by atoms with Crippen LogP contribution >= 0.6 is 0 Å². The van der Waals surface area contributed by atoms with Crippen molar-refractivity contribution in [2.75, 3.05) is 5.73 Å². The van der Waals surface area contributed by atoms with Gasteiger partial charge in [-0.3, -0.25) is 0 Å². The molecule has 0 radical (unpaired) electrons. The minimum absolute atomic E-state index is 0.584. The van der Waals surface area contributed by atoms with Crippen LogP contribution in [-0.2, 0) is 0 Å². The molecule has 88 valence electrons. The Hall–Kier alpha value is -1.84. The molecule has 2 N–H and O–H groups in total. The van der Waals surface area contributed by atoms with Gasteiger partial charge in [0, 0.05) is 17.3 Å². The Morgan fingerprint density at radius 3 is 2.76 bits per heavy atom. The first kappa shape index (κ1) is 10.3. The highest BCUT2D eigenvalue weighted by Gasteiger charge is 2.27. The molecule has 2 aromatic rings. The van der Waals surface area contributed by atoms with Crippen LogP contribution in [0.1, 0.15) is 30.0 Å². The fraction of sp³-hybridized carbons (Fsp3) is 0.385. The number of hydrogen-bond donors (Lipinski definition) is 1. The molecular weight excluding hydrogens is 212 g/mol. The third kappa shape index (κ3) is 1.69. The van der Waals surface area contributed by atoms with E-state index in [0.717, 1.165) is 17.1 Å². The van der Waals surface area contributed by atoms with E-state index in [2.05, 4.69) is 28.6 Å². The molecule has 0 atom stereocenters. The smallest absolute Gasteiger partial charge is 0.164 e. The summed E-state index contributed by atoms with van der Waals surface area (Å²) in [5, 5.41) is 8.28. The predicted molar refractivity (Wildman–Crippen MR) is 67.6 cm³/mol. The number of rotatable bonds is 2. The lowest BCUT2D eigenvalue weighted by Crippen LogP contribution is -2.00. The van der Waals surface area contributed by atoms with Crippen molar-refractivity contribution < 1.29 is 0 Å². The number of aryl methyl sites for hydroxylation is 1. The predicted octanol–water partition coefficient (Wildman–Crippen LogP) is 2.48. The molecule has 1 aliphatic carbocycles. The quantitative estimate of drug-likeness (QED) is 0.803. The third-order valence-electron chi connectivity index (χ3n) is 3.44. The number of hydrogen-bond acceptors (Lipinski definition) is 3. The molecule has 0 amide bonds. The molecule has 1 heterocycles. The Morgan fingerprint density at radius 1 is 1.29 bits per heavy atom. The van der Waals surface area contributed by atoms with Gasteiger partial charge in [0.25, 0.3) is 0 Å². The van der Waals surface area contributed by atoms with E-state index >= 15 is 0 Å². The number of benzene rings is 1. The summed E-state index contributed by atoms with van der Waals surface area (Å²) in [7, 11) is 0. The second-order valence-electron chi connectivity index (χ2n) is 4.80. The zero-order valence-electron chi connectivity index (χ0n) is 10.1. The van der Waals surface area contributed by atoms with Gasteiger partial charge in [0.2, 0.25) is 0 Å². The van der Waals surface area contributed by atoms with Gasteiger partial charge in [0.05, 0.1) is 0 Å². The molecule has 1 aliphatic rings. The van der Waals surface area contributed by atoms with Gasteiger partial charge in [-0.25, -0.2) is 0 Å². The van der Waals surface area contributed by atoms with Crippen LogP contribution in [0.15, 0.2) is 18.5 Å². The molecule has 3 rings (SSSR count). The highest BCUT2D eigenvalue weighted by atomic mass is 15.3. The molecule has 1 aromatic heterocycles. The maximum absolute atomic E-state index is 5.92. The Balaban J connectivity index is 2.17. The van der Waals surface area contributed by atoms with Crippen molar-refractivity contribution in [1.82, 2.24) is 14.8 Å². The van der Waals surface area contributed by atoms with Crippen molar-refractivity contribution >= 4 is 5.69 Å². The lowest BCUT2D eigenvalue weighted by Gasteiger charge is -2.11. The number of nitrogens with two attached hydrogens (primary N) is 1. The minimum Gasteiger partial charge on any atom is -0.399 e. The summed E-state index contributed by atoms with van der Waals surface area (Å²) in [6, 6.07) is 4.57. The summed E-state index contributed by atoms with van der Waals surface area (Å²) in [5.74, 6) is 0.945. The molecule has 4 heteroatoms. The monoisotopic (exact) mass is 228 g/mol. The van der Waals surface area contributed by atoms with Crippen LogP contribution in [0.4, 0.5) is 5.69 Å². The van der Waals surface area contributed by atoms with Crippen LogP contribution in [0.2, 0.25) is 0 Å². The second-order valence-corrected chi connectivity index (χ2v) is 4.80. The van der Waals surface area contributed by atoms with E-state index < -0.39 is 0 Å². The van der Waals surface area contributed by atoms with E-state index in [1.165, 1.54) is 24.0 Å². The van der Waals surface area contributed by atoms with Crippen LogP contribution in [0.3, 0.4) is 0 Å². The third-order valence-corrected chi connectivity index (χ3v) is 3.44. The maximum Gasteiger partial charge on any atom is 0.164 e. The highest BCUT2D eigenvalue weighted by Crippen LogP contribution is 2.38. The molecule has 1 saturated carbocycles. The minimum atomic E-state index is 0.584. The number of anilines is 1. The lowest BCUT2D eigenvalue weighted by molar-refractivity contribution is 0.745. The van der Waals surface area contributed by atoms with Crippen LogP contribution in [0.5, 0.6) is 0 Å². The van der Waals surface area contributed by atoms with Gasteiger partial charge in [-0.15, -0.1) is 10.2 Å². The van der Waals surface area contributed by atoms with Crippen molar-refractivity contribution in [2.45, 2.75) is 32.7 Å². The molecule has 1 fully saturated rings. The molecule has 0 bridgehead atoms. The first-order valence-electron chi connectivity index (χ1n) is 5.93. The van der Waals surface area contributed by atoms with Crippen LogP contribution in [0, 0.1) is 13.8 Å². The molecule has 0 spiro atoms. The summed E-state index contributed by atoms with van der Waals surface area (Å²) < 4.78 is 2.17. The number of nitrogen functional groups attached to an aromatic ring is 1. The average Bonchev–Trinajstić information content (AvgIpc) is 3.02. The summed E-state index contributed by atoms with van der Waals surface area (Å²) in [6.45, 7) is 4.18. The van der Waals surface area contributed by atoms with Gasteiger partial charge >= 0.3 is 0 Å². The van der Waals surface area contributed by atoms with E-state index in [1.807, 2.05) is 18.5 Å². The summed E-state index contributed by atoms with van der Waals surface area (Å²) in [6.07, 6.45) is 4.28. The molecule has 0 unspecified atom stereocenters. The highest BCUT2D eigenvalue weighted by molar-refractivity contribution is 5.67. The SMILES string of the molecule is Cc1cc(N)cc(-c2nncn2C2CC2)c1C. The topological polar surface area (TPSA) is 56.7 Å². The van der Waals surface area contributed by atoms with E-state index in [-0.39, 0.29) is 0 Å². The molecule has 4 nitrogen and oxygen atoms in total. The Labute approximate surface area is 100 Å². The van der Waals surface area contributed by atoms with E-state index in [1.54, 1.807) is 0 Å². The lowest BCUT2D eigenvalue weighted by atomic mass is 10.0. The molecule has 0 saturated heterocycles. The van der Waals surface area contributed by atoms with Gasteiger partial charge in [0.15, 0.2) is 5.82 Å². The molecule has 0 aliphatic heterocycles. The van der Waals surface area contributed by atoms with Crippen LogP contribution < -0.4 is 5.73 Å². The van der Waals surface area contributed by atoms with Crippen LogP contribution in [0.25, 0.3) is 11.4 Å². The van der Waals surface area contributed by atoms with E-state index in [9.17, 15) is 0 Å². The van der Waals surface area contributed by atoms with Crippen LogP contribution in [-0.4, -0.2) is 14.8 Å². The Kier molecular flexibility index (Phi) is 2.18. The number of nitrogens with zero attached hydrogens (tertiary/aromatic N) is 3. The average molecular weight is 228 g/mol.